The highest BCUT2D eigenvalue weighted by molar-refractivity contribution is 5.81. The van der Waals surface area contributed by atoms with Crippen molar-refractivity contribution < 1.29 is 13.9 Å². The normalized spacial score (nSPS) is 26.6. The summed E-state index contributed by atoms with van der Waals surface area (Å²) in [6.07, 6.45) is 3.26. The zero-order chi connectivity index (χ0) is 14.9. The van der Waals surface area contributed by atoms with Gasteiger partial charge in [0.1, 0.15) is 11.9 Å². The maximum absolute atomic E-state index is 13.0. The van der Waals surface area contributed by atoms with E-state index >= 15 is 0 Å². The first-order valence-electron chi connectivity index (χ1n) is 7.52. The number of nitrogens with one attached hydrogen (secondary N) is 1. The van der Waals surface area contributed by atoms with Gasteiger partial charge in [-0.1, -0.05) is 12.1 Å². The SMILES string of the molecule is NC[C@H]1CC[C@@H](C(=O)NCC2(c3ccc(F)cc3)CC2)O1. The monoisotopic (exact) mass is 292 g/mol. The van der Waals surface area contributed by atoms with Crippen LogP contribution >= 0.6 is 0 Å². The lowest BCUT2D eigenvalue weighted by atomic mass is 9.96. The molecule has 1 aromatic rings. The summed E-state index contributed by atoms with van der Waals surface area (Å²) in [4.78, 5) is 12.1. The summed E-state index contributed by atoms with van der Waals surface area (Å²) in [7, 11) is 0. The Morgan fingerprint density at radius 2 is 2.05 bits per heavy atom. The van der Waals surface area contributed by atoms with E-state index in [1.54, 1.807) is 0 Å². The van der Waals surface area contributed by atoms with Gasteiger partial charge in [-0.3, -0.25) is 4.79 Å². The summed E-state index contributed by atoms with van der Waals surface area (Å²) < 4.78 is 18.6. The molecule has 21 heavy (non-hydrogen) atoms. The van der Waals surface area contributed by atoms with E-state index in [0.717, 1.165) is 31.2 Å². The highest BCUT2D eigenvalue weighted by Gasteiger charge is 2.44. The van der Waals surface area contributed by atoms with Crippen molar-refractivity contribution in [1.29, 1.82) is 0 Å². The third-order valence-electron chi connectivity index (χ3n) is 4.57. The molecule has 0 radical (unpaired) electrons. The molecule has 0 unspecified atom stereocenters. The fourth-order valence-electron chi connectivity index (χ4n) is 2.96. The number of nitrogens with two attached hydrogens (primary N) is 1. The smallest absolute Gasteiger partial charge is 0.249 e. The second-order valence-electron chi connectivity index (χ2n) is 6.06. The molecule has 0 aromatic heterocycles. The van der Waals surface area contributed by atoms with Crippen molar-refractivity contribution in [2.45, 2.75) is 43.3 Å². The van der Waals surface area contributed by atoms with Crippen LogP contribution in [0.1, 0.15) is 31.2 Å². The first kappa shape index (κ1) is 14.5. The van der Waals surface area contributed by atoms with Gasteiger partial charge >= 0.3 is 0 Å². The molecule has 1 aromatic carbocycles. The lowest BCUT2D eigenvalue weighted by Gasteiger charge is -2.18. The molecular formula is C16H21FN2O2. The minimum Gasteiger partial charge on any atom is -0.364 e. The van der Waals surface area contributed by atoms with Crippen LogP contribution < -0.4 is 11.1 Å². The van der Waals surface area contributed by atoms with E-state index in [0.29, 0.717) is 13.1 Å². The molecule has 2 aliphatic rings. The van der Waals surface area contributed by atoms with Crippen LogP contribution in [0.25, 0.3) is 0 Å². The predicted molar refractivity (Wildman–Crippen MR) is 77.3 cm³/mol. The fraction of sp³-hybridized carbons (Fsp3) is 0.562. The van der Waals surface area contributed by atoms with Gasteiger partial charge < -0.3 is 15.8 Å². The summed E-state index contributed by atoms with van der Waals surface area (Å²) in [5.74, 6) is -0.287. The van der Waals surface area contributed by atoms with Crippen molar-refractivity contribution in [1.82, 2.24) is 5.32 Å². The maximum atomic E-state index is 13.0. The van der Waals surface area contributed by atoms with Gasteiger partial charge in [0.25, 0.3) is 0 Å². The van der Waals surface area contributed by atoms with Crippen LogP contribution in [0, 0.1) is 5.82 Å². The standard InChI is InChI=1S/C16H21FN2O2/c17-12-3-1-11(2-4-12)16(7-8-16)10-19-15(20)14-6-5-13(9-18)21-14/h1-4,13-14H,5-10,18H2,(H,19,20)/t13-,14+/m1/s1. The van der Waals surface area contributed by atoms with Gasteiger partial charge in [0.2, 0.25) is 5.91 Å². The summed E-state index contributed by atoms with van der Waals surface area (Å²) in [6, 6.07) is 6.57. The Bertz CT molecular complexity index is 514. The van der Waals surface area contributed by atoms with Crippen LogP contribution in [0.15, 0.2) is 24.3 Å². The van der Waals surface area contributed by atoms with Gasteiger partial charge in [-0.15, -0.1) is 0 Å². The Labute approximate surface area is 123 Å². The van der Waals surface area contributed by atoms with Crippen molar-refractivity contribution in [2.75, 3.05) is 13.1 Å². The van der Waals surface area contributed by atoms with Crippen LogP contribution in [0.3, 0.4) is 0 Å². The number of halogens is 1. The Balaban J connectivity index is 1.55. The van der Waals surface area contributed by atoms with E-state index < -0.39 is 0 Å². The molecule has 0 spiro atoms. The number of amides is 1. The van der Waals surface area contributed by atoms with E-state index in [2.05, 4.69) is 5.32 Å². The third kappa shape index (κ3) is 3.09. The van der Waals surface area contributed by atoms with Gasteiger partial charge in [-0.25, -0.2) is 4.39 Å². The van der Waals surface area contributed by atoms with E-state index in [1.165, 1.54) is 12.1 Å². The van der Waals surface area contributed by atoms with Crippen molar-refractivity contribution in [3.05, 3.63) is 35.6 Å². The lowest BCUT2D eigenvalue weighted by molar-refractivity contribution is -0.131. The molecule has 3 N–H and O–H groups in total. The van der Waals surface area contributed by atoms with Crippen LogP contribution in [-0.2, 0) is 14.9 Å². The van der Waals surface area contributed by atoms with Crippen LogP contribution in [-0.4, -0.2) is 31.2 Å². The van der Waals surface area contributed by atoms with Crippen LogP contribution in [0.4, 0.5) is 4.39 Å². The molecule has 1 amide bonds. The first-order chi connectivity index (χ1) is 10.1. The summed E-state index contributed by atoms with van der Waals surface area (Å²) in [5.41, 5.74) is 6.63. The molecular weight excluding hydrogens is 271 g/mol. The summed E-state index contributed by atoms with van der Waals surface area (Å²) in [5, 5.41) is 2.99. The molecule has 0 bridgehead atoms. The molecule has 3 rings (SSSR count). The van der Waals surface area contributed by atoms with Gasteiger partial charge in [-0.05, 0) is 43.4 Å². The minimum atomic E-state index is -0.373. The Hall–Kier alpha value is -1.46. The number of rotatable bonds is 5. The van der Waals surface area contributed by atoms with Crippen molar-refractivity contribution in [3.63, 3.8) is 0 Å². The largest absolute Gasteiger partial charge is 0.364 e. The maximum Gasteiger partial charge on any atom is 0.249 e. The molecule has 1 heterocycles. The second kappa shape index (κ2) is 5.73. The van der Waals surface area contributed by atoms with Gasteiger partial charge in [-0.2, -0.15) is 0 Å². The van der Waals surface area contributed by atoms with E-state index in [1.807, 2.05) is 12.1 Å². The molecule has 2 atom stereocenters. The molecule has 114 valence electrons. The predicted octanol–water partition coefficient (Wildman–Crippen LogP) is 1.48. The third-order valence-corrected chi connectivity index (χ3v) is 4.57. The first-order valence-corrected chi connectivity index (χ1v) is 7.52. The average Bonchev–Trinajstić information content (AvgIpc) is 3.13. The summed E-state index contributed by atoms with van der Waals surface area (Å²) in [6.45, 7) is 1.05. The highest BCUT2D eigenvalue weighted by atomic mass is 19.1. The van der Waals surface area contributed by atoms with Gasteiger partial charge in [0.15, 0.2) is 0 Å². The molecule has 4 nitrogen and oxygen atoms in total. The molecule has 1 saturated heterocycles. The van der Waals surface area contributed by atoms with Crippen LogP contribution in [0.5, 0.6) is 0 Å². The van der Waals surface area contributed by atoms with E-state index in [-0.39, 0.29) is 29.3 Å². The molecule has 1 aliphatic carbocycles. The zero-order valence-corrected chi connectivity index (χ0v) is 12.0. The minimum absolute atomic E-state index is 0.00716. The Kier molecular flexibility index (Phi) is 3.95. The molecule has 1 saturated carbocycles. The van der Waals surface area contributed by atoms with Crippen molar-refractivity contribution in [3.8, 4) is 0 Å². The Morgan fingerprint density at radius 3 is 2.62 bits per heavy atom. The quantitative estimate of drug-likeness (QED) is 0.864. The number of benzene rings is 1. The van der Waals surface area contributed by atoms with Gasteiger partial charge in [0, 0.05) is 18.5 Å². The molecule has 5 heteroatoms. The number of hydrogen-bond donors (Lipinski definition) is 2. The topological polar surface area (TPSA) is 64.4 Å². The Morgan fingerprint density at radius 1 is 1.33 bits per heavy atom. The second-order valence-corrected chi connectivity index (χ2v) is 6.06. The highest BCUT2D eigenvalue weighted by Crippen LogP contribution is 2.47. The lowest BCUT2D eigenvalue weighted by Crippen LogP contribution is -2.39. The average molecular weight is 292 g/mol. The van der Waals surface area contributed by atoms with Crippen molar-refractivity contribution >= 4 is 5.91 Å². The van der Waals surface area contributed by atoms with Gasteiger partial charge in [0.05, 0.1) is 6.10 Å². The van der Waals surface area contributed by atoms with E-state index in [4.69, 9.17) is 10.5 Å². The van der Waals surface area contributed by atoms with E-state index in [9.17, 15) is 9.18 Å². The fourth-order valence-corrected chi connectivity index (χ4v) is 2.96. The number of carbonyl (C=O) groups is 1. The van der Waals surface area contributed by atoms with Crippen LogP contribution in [0.2, 0.25) is 0 Å². The molecule has 1 aliphatic heterocycles. The number of ether oxygens (including phenoxy) is 1. The zero-order valence-electron chi connectivity index (χ0n) is 12.0. The number of hydrogen-bond acceptors (Lipinski definition) is 3. The van der Waals surface area contributed by atoms with Crippen molar-refractivity contribution in [2.24, 2.45) is 5.73 Å². The number of carbonyl (C=O) groups excluding carboxylic acids is 1. The molecule has 2 fully saturated rings. The summed E-state index contributed by atoms with van der Waals surface area (Å²) >= 11 is 0.